The Balaban J connectivity index is 2.13. The summed E-state index contributed by atoms with van der Waals surface area (Å²) in [7, 11) is 0. The summed E-state index contributed by atoms with van der Waals surface area (Å²) in [5.74, 6) is 0.784. The number of carbonyl (C=O) groups is 1. The number of likely N-dealkylation sites (tertiary alicyclic amines) is 1. The molecule has 1 saturated carbocycles. The van der Waals surface area contributed by atoms with Crippen LogP contribution in [0.5, 0.6) is 0 Å². The highest BCUT2D eigenvalue weighted by Crippen LogP contribution is 2.55. The minimum atomic E-state index is -0.249. The number of amides is 2. The lowest BCUT2D eigenvalue weighted by Gasteiger charge is -2.61. The first-order valence-electron chi connectivity index (χ1n) is 6.91. The van der Waals surface area contributed by atoms with Crippen LogP contribution in [0.15, 0.2) is 0 Å². The van der Waals surface area contributed by atoms with Crippen LogP contribution in [0.25, 0.3) is 0 Å². The van der Waals surface area contributed by atoms with E-state index in [1.807, 2.05) is 0 Å². The number of nitrogens with two attached hydrogens (primary N) is 1. The lowest BCUT2D eigenvalue weighted by atomic mass is 9.53. The number of carbonyl (C=O) groups excluding carboxylic acids is 1. The van der Waals surface area contributed by atoms with Crippen molar-refractivity contribution in [3.05, 3.63) is 0 Å². The van der Waals surface area contributed by atoms with Gasteiger partial charge in [0.2, 0.25) is 0 Å². The molecule has 0 bridgehead atoms. The molecule has 2 rings (SSSR count). The van der Waals surface area contributed by atoms with Gasteiger partial charge in [0.05, 0.1) is 0 Å². The maximum atomic E-state index is 11.2. The normalized spacial score (nSPS) is 25.5. The highest BCUT2D eigenvalue weighted by atomic mass is 16.2. The van der Waals surface area contributed by atoms with Crippen molar-refractivity contribution >= 4 is 6.03 Å². The smallest absolute Gasteiger partial charge is 0.314 e. The predicted molar refractivity (Wildman–Crippen MR) is 69.6 cm³/mol. The topological polar surface area (TPSA) is 46.3 Å². The molecular weight excluding hydrogens is 212 g/mol. The molecule has 2 N–H and O–H groups in total. The molecule has 0 radical (unpaired) electrons. The fraction of sp³-hybridized carbons (Fsp3) is 0.929. The van der Waals surface area contributed by atoms with Crippen molar-refractivity contribution in [1.82, 2.24) is 4.90 Å². The van der Waals surface area contributed by atoms with E-state index in [1.165, 1.54) is 32.1 Å². The molecule has 2 fully saturated rings. The van der Waals surface area contributed by atoms with Gasteiger partial charge in [-0.25, -0.2) is 4.79 Å². The monoisotopic (exact) mass is 238 g/mol. The van der Waals surface area contributed by atoms with Crippen molar-refractivity contribution in [2.45, 2.75) is 52.9 Å². The lowest BCUT2D eigenvalue weighted by molar-refractivity contribution is -0.110. The Kier molecular flexibility index (Phi) is 3.13. The Labute approximate surface area is 105 Å². The first-order valence-corrected chi connectivity index (χ1v) is 6.91. The van der Waals surface area contributed by atoms with Crippen molar-refractivity contribution in [3.63, 3.8) is 0 Å². The first-order chi connectivity index (χ1) is 7.87. The van der Waals surface area contributed by atoms with Crippen LogP contribution in [0.2, 0.25) is 0 Å². The Morgan fingerprint density at radius 3 is 2.12 bits per heavy atom. The number of primary amides is 1. The molecule has 0 spiro atoms. The molecule has 0 aromatic heterocycles. The standard InChI is InChI=1S/C14H26N2O/c1-13(2,3)14(9-16(10-14)12(15)17)11-7-5-4-6-8-11/h11H,4-10H2,1-3H3,(H2,15,17). The lowest BCUT2D eigenvalue weighted by Crippen LogP contribution is -2.67. The van der Waals surface area contributed by atoms with Gasteiger partial charge in [0.25, 0.3) is 0 Å². The Morgan fingerprint density at radius 1 is 1.18 bits per heavy atom. The minimum absolute atomic E-state index is 0.249. The van der Waals surface area contributed by atoms with E-state index < -0.39 is 0 Å². The Morgan fingerprint density at radius 2 is 1.71 bits per heavy atom. The van der Waals surface area contributed by atoms with Crippen molar-refractivity contribution in [3.8, 4) is 0 Å². The van der Waals surface area contributed by atoms with Gasteiger partial charge in [0.15, 0.2) is 0 Å². The third-order valence-electron chi connectivity index (χ3n) is 5.14. The van der Waals surface area contributed by atoms with Crippen molar-refractivity contribution in [1.29, 1.82) is 0 Å². The van der Waals surface area contributed by atoms with E-state index in [2.05, 4.69) is 20.8 Å². The molecule has 17 heavy (non-hydrogen) atoms. The summed E-state index contributed by atoms with van der Waals surface area (Å²) in [6.07, 6.45) is 6.78. The molecular formula is C14H26N2O. The third kappa shape index (κ3) is 2.04. The van der Waals surface area contributed by atoms with Crippen LogP contribution in [0.3, 0.4) is 0 Å². The fourth-order valence-corrected chi connectivity index (χ4v) is 3.79. The van der Waals surface area contributed by atoms with E-state index in [9.17, 15) is 4.79 Å². The molecule has 0 unspecified atom stereocenters. The molecule has 0 atom stereocenters. The van der Waals surface area contributed by atoms with Crippen LogP contribution in [0.4, 0.5) is 4.79 Å². The molecule has 0 aromatic carbocycles. The number of hydrogen-bond donors (Lipinski definition) is 1. The number of nitrogens with zero attached hydrogens (tertiary/aromatic N) is 1. The van der Waals surface area contributed by atoms with E-state index in [0.717, 1.165) is 19.0 Å². The van der Waals surface area contributed by atoms with E-state index in [0.29, 0.717) is 5.41 Å². The van der Waals surface area contributed by atoms with Crippen LogP contribution >= 0.6 is 0 Å². The van der Waals surface area contributed by atoms with Crippen LogP contribution in [-0.2, 0) is 0 Å². The summed E-state index contributed by atoms with van der Waals surface area (Å²) in [6.45, 7) is 8.70. The first kappa shape index (κ1) is 12.7. The van der Waals surface area contributed by atoms with Crippen molar-refractivity contribution < 1.29 is 4.79 Å². The second kappa shape index (κ2) is 4.18. The maximum absolute atomic E-state index is 11.2. The van der Waals surface area contributed by atoms with E-state index in [-0.39, 0.29) is 11.4 Å². The SMILES string of the molecule is CC(C)(C)C1(C2CCCCC2)CN(C(N)=O)C1. The summed E-state index contributed by atoms with van der Waals surface area (Å²) in [6, 6.07) is -0.249. The average Bonchev–Trinajstić information content (AvgIpc) is 2.14. The number of rotatable bonds is 1. The minimum Gasteiger partial charge on any atom is -0.351 e. The fourth-order valence-electron chi connectivity index (χ4n) is 3.79. The molecule has 1 aliphatic heterocycles. The number of urea groups is 1. The van der Waals surface area contributed by atoms with E-state index >= 15 is 0 Å². The van der Waals surface area contributed by atoms with Gasteiger partial charge in [-0.15, -0.1) is 0 Å². The van der Waals surface area contributed by atoms with Crippen LogP contribution in [0.1, 0.15) is 52.9 Å². The zero-order chi connectivity index (χ0) is 12.7. The molecule has 2 aliphatic rings. The number of hydrogen-bond acceptors (Lipinski definition) is 1. The summed E-state index contributed by atoms with van der Waals surface area (Å²) < 4.78 is 0. The van der Waals surface area contributed by atoms with Gasteiger partial charge in [-0.2, -0.15) is 0 Å². The average molecular weight is 238 g/mol. The van der Waals surface area contributed by atoms with Crippen molar-refractivity contribution in [2.75, 3.05) is 13.1 Å². The maximum Gasteiger partial charge on any atom is 0.314 e. The Hall–Kier alpha value is -0.730. The summed E-state index contributed by atoms with van der Waals surface area (Å²) in [4.78, 5) is 13.0. The van der Waals surface area contributed by atoms with E-state index in [1.54, 1.807) is 4.90 Å². The predicted octanol–water partition coefficient (Wildman–Crippen LogP) is 2.99. The zero-order valence-electron chi connectivity index (χ0n) is 11.5. The van der Waals surface area contributed by atoms with Gasteiger partial charge in [-0.1, -0.05) is 40.0 Å². The molecule has 2 amide bonds. The van der Waals surface area contributed by atoms with Gasteiger partial charge in [-0.3, -0.25) is 0 Å². The van der Waals surface area contributed by atoms with Crippen LogP contribution < -0.4 is 5.73 Å². The molecule has 1 saturated heterocycles. The highest BCUT2D eigenvalue weighted by molar-refractivity contribution is 5.73. The summed E-state index contributed by atoms with van der Waals surface area (Å²) >= 11 is 0. The summed E-state index contributed by atoms with van der Waals surface area (Å²) in [5, 5.41) is 0. The van der Waals surface area contributed by atoms with Gasteiger partial charge >= 0.3 is 6.03 Å². The molecule has 1 heterocycles. The van der Waals surface area contributed by atoms with E-state index in [4.69, 9.17) is 5.73 Å². The molecule has 3 nitrogen and oxygen atoms in total. The van der Waals surface area contributed by atoms with Crippen LogP contribution in [0, 0.1) is 16.7 Å². The van der Waals surface area contributed by atoms with Gasteiger partial charge in [0.1, 0.15) is 0 Å². The molecule has 1 aliphatic carbocycles. The van der Waals surface area contributed by atoms with Crippen molar-refractivity contribution in [2.24, 2.45) is 22.5 Å². The third-order valence-corrected chi connectivity index (χ3v) is 5.14. The quantitative estimate of drug-likeness (QED) is 0.750. The largest absolute Gasteiger partial charge is 0.351 e. The Bertz CT molecular complexity index is 294. The zero-order valence-corrected chi connectivity index (χ0v) is 11.5. The molecule has 98 valence electrons. The second-order valence-electron chi connectivity index (χ2n) is 6.94. The summed E-state index contributed by atoms with van der Waals surface area (Å²) in [5.41, 5.74) is 5.95. The highest BCUT2D eigenvalue weighted by Gasteiger charge is 2.56. The van der Waals surface area contributed by atoms with Gasteiger partial charge in [0, 0.05) is 18.5 Å². The van der Waals surface area contributed by atoms with Gasteiger partial charge < -0.3 is 10.6 Å². The molecule has 3 heteroatoms. The van der Waals surface area contributed by atoms with Gasteiger partial charge in [-0.05, 0) is 24.2 Å². The van der Waals surface area contributed by atoms with Crippen LogP contribution in [-0.4, -0.2) is 24.0 Å². The second-order valence-corrected chi connectivity index (χ2v) is 6.94. The molecule has 0 aromatic rings.